The topological polar surface area (TPSA) is 38.9 Å². The number of nitrogens with two attached hydrogens (primary N) is 1. The van der Waals surface area contributed by atoms with E-state index >= 15 is 0 Å². The number of fused-ring (bicyclic) bond motifs is 1. The fraction of sp³-hybridized carbons (Fsp3) is 0.462. The third-order valence-electron chi connectivity index (χ3n) is 2.68. The number of pyridine rings is 1. The average molecular weight is 200 g/mol. The molecule has 0 spiro atoms. The van der Waals surface area contributed by atoms with E-state index in [9.17, 15) is 0 Å². The maximum Gasteiger partial charge on any atom is 0.0636 e. The van der Waals surface area contributed by atoms with Crippen LogP contribution in [0.4, 0.5) is 0 Å². The SMILES string of the molecule is CC(N)C#CC1CCCc2cccnc21. The molecule has 1 heterocycles. The molecule has 2 N–H and O–H groups in total. The summed E-state index contributed by atoms with van der Waals surface area (Å²) < 4.78 is 0. The minimum absolute atomic E-state index is 0.0425. The van der Waals surface area contributed by atoms with Crippen LogP contribution in [0.2, 0.25) is 0 Å². The highest BCUT2D eigenvalue weighted by Crippen LogP contribution is 2.28. The van der Waals surface area contributed by atoms with Gasteiger partial charge in [-0.15, -0.1) is 0 Å². The van der Waals surface area contributed by atoms with Gasteiger partial charge in [0.05, 0.1) is 17.7 Å². The number of nitrogens with zero attached hydrogens (tertiary/aromatic N) is 1. The van der Waals surface area contributed by atoms with E-state index in [-0.39, 0.29) is 6.04 Å². The molecule has 1 aromatic heterocycles. The van der Waals surface area contributed by atoms with Gasteiger partial charge >= 0.3 is 0 Å². The Labute approximate surface area is 90.9 Å². The molecule has 0 aromatic carbocycles. The maximum absolute atomic E-state index is 5.64. The highest BCUT2D eigenvalue weighted by Gasteiger charge is 2.18. The van der Waals surface area contributed by atoms with Gasteiger partial charge in [-0.3, -0.25) is 4.98 Å². The van der Waals surface area contributed by atoms with Crippen molar-refractivity contribution in [3.05, 3.63) is 29.6 Å². The lowest BCUT2D eigenvalue weighted by Gasteiger charge is -2.19. The second-order valence-corrected chi connectivity index (χ2v) is 4.07. The number of aryl methyl sites for hydroxylation is 1. The zero-order chi connectivity index (χ0) is 10.7. The molecule has 2 nitrogen and oxygen atoms in total. The third kappa shape index (κ3) is 2.37. The summed E-state index contributed by atoms with van der Waals surface area (Å²) in [4.78, 5) is 4.44. The van der Waals surface area contributed by atoms with Gasteiger partial charge in [0.1, 0.15) is 0 Å². The van der Waals surface area contributed by atoms with E-state index in [4.69, 9.17) is 5.73 Å². The highest BCUT2D eigenvalue weighted by molar-refractivity contribution is 5.32. The molecule has 0 fully saturated rings. The molecule has 0 amide bonds. The monoisotopic (exact) mass is 200 g/mol. The first-order valence-electron chi connectivity index (χ1n) is 5.48. The number of hydrogen-bond donors (Lipinski definition) is 1. The lowest BCUT2D eigenvalue weighted by Crippen LogP contribution is -2.14. The van der Waals surface area contributed by atoms with Crippen molar-refractivity contribution in [3.8, 4) is 11.8 Å². The maximum atomic E-state index is 5.64. The Balaban J connectivity index is 2.27. The minimum Gasteiger partial charge on any atom is -0.318 e. The molecule has 2 atom stereocenters. The molecule has 0 saturated carbocycles. The molecule has 0 aliphatic heterocycles. The zero-order valence-corrected chi connectivity index (χ0v) is 9.03. The van der Waals surface area contributed by atoms with E-state index in [0.29, 0.717) is 5.92 Å². The predicted octanol–water partition coefficient (Wildman–Crippen LogP) is 1.85. The van der Waals surface area contributed by atoms with Gasteiger partial charge in [0.25, 0.3) is 0 Å². The van der Waals surface area contributed by atoms with Gasteiger partial charge in [0, 0.05) is 6.20 Å². The lowest BCUT2D eigenvalue weighted by molar-refractivity contribution is 0.623. The van der Waals surface area contributed by atoms with Crippen molar-refractivity contribution in [1.29, 1.82) is 0 Å². The Morgan fingerprint density at radius 1 is 1.60 bits per heavy atom. The van der Waals surface area contributed by atoms with Crippen molar-refractivity contribution in [2.45, 2.75) is 38.1 Å². The van der Waals surface area contributed by atoms with Crippen LogP contribution in [0.3, 0.4) is 0 Å². The normalized spacial score (nSPS) is 21.1. The highest BCUT2D eigenvalue weighted by atomic mass is 14.7. The molecule has 1 aliphatic rings. The molecule has 0 saturated heterocycles. The summed E-state index contributed by atoms with van der Waals surface area (Å²) in [5.41, 5.74) is 8.15. The zero-order valence-electron chi connectivity index (χ0n) is 9.03. The molecular weight excluding hydrogens is 184 g/mol. The largest absolute Gasteiger partial charge is 0.318 e. The van der Waals surface area contributed by atoms with Crippen LogP contribution in [-0.2, 0) is 6.42 Å². The van der Waals surface area contributed by atoms with Gasteiger partial charge in [-0.2, -0.15) is 0 Å². The van der Waals surface area contributed by atoms with E-state index < -0.39 is 0 Å². The van der Waals surface area contributed by atoms with Crippen LogP contribution in [0, 0.1) is 11.8 Å². The van der Waals surface area contributed by atoms with E-state index in [1.54, 1.807) is 0 Å². The number of hydrogen-bond acceptors (Lipinski definition) is 2. The molecule has 2 heteroatoms. The fourth-order valence-electron chi connectivity index (χ4n) is 1.98. The number of aromatic nitrogens is 1. The first kappa shape index (κ1) is 10.2. The molecule has 15 heavy (non-hydrogen) atoms. The van der Waals surface area contributed by atoms with Crippen molar-refractivity contribution in [1.82, 2.24) is 4.98 Å². The van der Waals surface area contributed by atoms with Crippen LogP contribution in [0.15, 0.2) is 18.3 Å². The summed E-state index contributed by atoms with van der Waals surface area (Å²) in [6.07, 6.45) is 5.31. The van der Waals surface area contributed by atoms with Crippen molar-refractivity contribution >= 4 is 0 Å². The van der Waals surface area contributed by atoms with Gasteiger partial charge in [0.2, 0.25) is 0 Å². The first-order chi connectivity index (χ1) is 7.27. The second kappa shape index (κ2) is 4.46. The third-order valence-corrected chi connectivity index (χ3v) is 2.68. The summed E-state index contributed by atoms with van der Waals surface area (Å²) in [5.74, 6) is 6.58. The van der Waals surface area contributed by atoms with E-state index in [2.05, 4.69) is 22.9 Å². The molecule has 2 rings (SSSR count). The standard InChI is InChI=1S/C13H16N2/c1-10(14)7-8-12-5-2-4-11-6-3-9-15-13(11)12/h3,6,9-10,12H,2,4-5,14H2,1H3. The molecule has 1 aliphatic carbocycles. The van der Waals surface area contributed by atoms with Crippen LogP contribution >= 0.6 is 0 Å². The Morgan fingerprint density at radius 3 is 3.27 bits per heavy atom. The van der Waals surface area contributed by atoms with Crippen LogP contribution in [0.1, 0.15) is 36.9 Å². The molecule has 1 aromatic rings. The van der Waals surface area contributed by atoms with Gasteiger partial charge in [-0.25, -0.2) is 0 Å². The quantitative estimate of drug-likeness (QED) is 0.649. The lowest BCUT2D eigenvalue weighted by atomic mass is 9.87. The van der Waals surface area contributed by atoms with Crippen LogP contribution in [-0.4, -0.2) is 11.0 Å². The van der Waals surface area contributed by atoms with Crippen LogP contribution < -0.4 is 5.73 Å². The van der Waals surface area contributed by atoms with Crippen molar-refractivity contribution in [2.24, 2.45) is 5.73 Å². The molecule has 0 radical (unpaired) electrons. The van der Waals surface area contributed by atoms with Crippen molar-refractivity contribution < 1.29 is 0 Å². The summed E-state index contributed by atoms with van der Waals surface area (Å²) in [7, 11) is 0. The minimum atomic E-state index is -0.0425. The van der Waals surface area contributed by atoms with Crippen LogP contribution in [0.5, 0.6) is 0 Å². The van der Waals surface area contributed by atoms with Gasteiger partial charge in [-0.1, -0.05) is 17.9 Å². The van der Waals surface area contributed by atoms with Crippen LogP contribution in [0.25, 0.3) is 0 Å². The van der Waals surface area contributed by atoms with E-state index in [0.717, 1.165) is 18.5 Å². The second-order valence-electron chi connectivity index (χ2n) is 4.07. The van der Waals surface area contributed by atoms with Crippen molar-refractivity contribution in [2.75, 3.05) is 0 Å². The Hall–Kier alpha value is -1.33. The first-order valence-corrected chi connectivity index (χ1v) is 5.48. The van der Waals surface area contributed by atoms with Crippen molar-refractivity contribution in [3.63, 3.8) is 0 Å². The average Bonchev–Trinajstić information content (AvgIpc) is 2.26. The summed E-state index contributed by atoms with van der Waals surface area (Å²) >= 11 is 0. The Kier molecular flexibility index (Phi) is 3.03. The smallest absolute Gasteiger partial charge is 0.0636 e. The molecule has 0 bridgehead atoms. The fourth-order valence-corrected chi connectivity index (χ4v) is 1.98. The summed E-state index contributed by atoms with van der Waals surface area (Å²) in [6.45, 7) is 1.91. The molecular formula is C13H16N2. The van der Waals surface area contributed by atoms with Gasteiger partial charge in [-0.05, 0) is 37.8 Å². The molecule has 78 valence electrons. The van der Waals surface area contributed by atoms with E-state index in [1.807, 2.05) is 19.2 Å². The number of rotatable bonds is 0. The summed E-state index contributed by atoms with van der Waals surface area (Å²) in [6, 6.07) is 4.11. The predicted molar refractivity (Wildman–Crippen MR) is 61.3 cm³/mol. The van der Waals surface area contributed by atoms with Gasteiger partial charge in [0.15, 0.2) is 0 Å². The Morgan fingerprint density at radius 2 is 2.47 bits per heavy atom. The molecule has 2 unspecified atom stereocenters. The van der Waals surface area contributed by atoms with E-state index in [1.165, 1.54) is 12.0 Å². The Bertz CT molecular complexity index is 398. The van der Waals surface area contributed by atoms with Gasteiger partial charge < -0.3 is 5.73 Å². The summed E-state index contributed by atoms with van der Waals surface area (Å²) in [5, 5.41) is 0.